The number of carboxylic acids is 2. The smallest absolute Gasteiger partial charge is 0.328 e. The molecule has 0 aliphatic carbocycles. The van der Waals surface area contributed by atoms with Crippen LogP contribution in [0.1, 0.15) is 0 Å². The second-order valence-electron chi connectivity index (χ2n) is 0.991. The van der Waals surface area contributed by atoms with E-state index in [1.54, 1.807) is 0 Å². The van der Waals surface area contributed by atoms with E-state index in [-0.39, 0.29) is 23.2 Å². The van der Waals surface area contributed by atoms with Gasteiger partial charge in [0, 0.05) is 23.1 Å². The molecule has 0 fully saturated rings. The van der Waals surface area contributed by atoms with Gasteiger partial charge in [-0.1, -0.05) is 0 Å². The van der Waals surface area contributed by atoms with Gasteiger partial charge >= 0.3 is 5.97 Å². The SMILES string of the molecule is O=C([O-])/C=C\C(=O)O.[Fe].[NH4+]. The first-order chi connectivity index (χ1) is 3.63. The normalized spacial score (nSPS) is 7.60. The molecule has 0 heterocycles. The summed E-state index contributed by atoms with van der Waals surface area (Å²) in [4.78, 5) is 19.0. The minimum Gasteiger partial charge on any atom is -0.545 e. The Hall–Kier alpha value is -0.841. The zero-order valence-electron chi connectivity index (χ0n) is 5.18. The molecule has 0 aliphatic heterocycles. The fourth-order valence-corrected chi connectivity index (χ4v) is 0.139. The van der Waals surface area contributed by atoms with Gasteiger partial charge in [-0.05, 0) is 6.08 Å². The van der Waals surface area contributed by atoms with E-state index in [0.717, 1.165) is 0 Å². The van der Waals surface area contributed by atoms with Gasteiger partial charge in [-0.25, -0.2) is 4.79 Å². The minimum absolute atomic E-state index is 0. The van der Waals surface area contributed by atoms with E-state index in [9.17, 15) is 14.7 Å². The molecule has 6 heteroatoms. The molecule has 0 amide bonds. The van der Waals surface area contributed by atoms with Gasteiger partial charge in [0.15, 0.2) is 0 Å². The summed E-state index contributed by atoms with van der Waals surface area (Å²) in [5, 5.41) is 17.2. The maximum Gasteiger partial charge on any atom is 0.328 e. The summed E-state index contributed by atoms with van der Waals surface area (Å²) in [6.07, 6.45) is 0.942. The number of rotatable bonds is 2. The molecule has 5 N–H and O–H groups in total. The van der Waals surface area contributed by atoms with Crippen molar-refractivity contribution in [2.45, 2.75) is 0 Å². The van der Waals surface area contributed by atoms with Crippen LogP contribution in [-0.2, 0) is 26.7 Å². The van der Waals surface area contributed by atoms with Gasteiger partial charge in [0.25, 0.3) is 0 Å². The molecule has 0 bridgehead atoms. The summed E-state index contributed by atoms with van der Waals surface area (Å²) in [5.41, 5.74) is 0. The van der Waals surface area contributed by atoms with Crippen LogP contribution in [0.3, 0.4) is 0 Å². The van der Waals surface area contributed by atoms with E-state index in [0.29, 0.717) is 12.2 Å². The minimum atomic E-state index is -1.51. The number of carbonyl (C=O) groups excluding carboxylic acids is 1. The maximum absolute atomic E-state index is 9.53. The summed E-state index contributed by atoms with van der Waals surface area (Å²) in [6.45, 7) is 0. The average Bonchev–Trinajstić information content (AvgIpc) is 1.61. The van der Waals surface area contributed by atoms with Crippen LogP contribution in [0, 0.1) is 0 Å². The molecule has 0 rings (SSSR count). The van der Waals surface area contributed by atoms with Gasteiger partial charge < -0.3 is 21.2 Å². The van der Waals surface area contributed by atoms with Gasteiger partial charge in [0.1, 0.15) is 0 Å². The summed E-state index contributed by atoms with van der Waals surface area (Å²) in [7, 11) is 0. The van der Waals surface area contributed by atoms with Crippen molar-refractivity contribution < 1.29 is 36.9 Å². The molecule has 0 aromatic rings. The van der Waals surface area contributed by atoms with Crippen molar-refractivity contribution in [1.82, 2.24) is 6.15 Å². The van der Waals surface area contributed by atoms with Crippen LogP contribution in [0.5, 0.6) is 0 Å². The molecule has 0 aromatic heterocycles. The van der Waals surface area contributed by atoms with Crippen LogP contribution < -0.4 is 11.3 Å². The molecule has 0 spiro atoms. The van der Waals surface area contributed by atoms with Crippen molar-refractivity contribution in [1.29, 1.82) is 0 Å². The molecular formula is C4H7FeNO4. The van der Waals surface area contributed by atoms with Crippen LogP contribution in [0.4, 0.5) is 0 Å². The van der Waals surface area contributed by atoms with Crippen molar-refractivity contribution in [2.75, 3.05) is 0 Å². The van der Waals surface area contributed by atoms with Crippen molar-refractivity contribution >= 4 is 11.9 Å². The Morgan fingerprint density at radius 2 is 1.70 bits per heavy atom. The topological polar surface area (TPSA) is 114 Å². The Labute approximate surface area is 67.8 Å². The Morgan fingerprint density at radius 1 is 1.30 bits per heavy atom. The number of aliphatic carboxylic acids is 2. The van der Waals surface area contributed by atoms with E-state index in [2.05, 4.69) is 0 Å². The predicted molar refractivity (Wildman–Crippen MR) is 27.8 cm³/mol. The third-order valence-corrected chi connectivity index (χ3v) is 0.362. The Bertz CT molecular complexity index is 128. The van der Waals surface area contributed by atoms with Gasteiger partial charge in [-0.15, -0.1) is 0 Å². The zero-order valence-corrected chi connectivity index (χ0v) is 6.28. The van der Waals surface area contributed by atoms with Gasteiger partial charge in [-0.2, -0.15) is 0 Å². The number of carbonyl (C=O) groups is 2. The van der Waals surface area contributed by atoms with Crippen LogP contribution >= 0.6 is 0 Å². The van der Waals surface area contributed by atoms with E-state index in [1.165, 1.54) is 0 Å². The molecular weight excluding hydrogens is 182 g/mol. The quantitative estimate of drug-likeness (QED) is 0.417. The molecule has 60 valence electrons. The van der Waals surface area contributed by atoms with Crippen molar-refractivity contribution in [2.24, 2.45) is 0 Å². The maximum atomic E-state index is 9.53. The van der Waals surface area contributed by atoms with Crippen LogP contribution in [0.2, 0.25) is 0 Å². The van der Waals surface area contributed by atoms with E-state index in [1.807, 2.05) is 0 Å². The standard InChI is InChI=1S/C4H4O4.Fe.H3N/c5-3(6)1-2-4(7)8;;/h1-2H,(H,5,6)(H,7,8);;1H3/b2-1-;;. The van der Waals surface area contributed by atoms with Crippen molar-refractivity contribution in [3.05, 3.63) is 12.2 Å². The summed E-state index contributed by atoms with van der Waals surface area (Å²) in [5.74, 6) is -2.80. The first kappa shape index (κ1) is 16.1. The third kappa shape index (κ3) is 15.7. The predicted octanol–water partition coefficient (Wildman–Crippen LogP) is -1.25. The van der Waals surface area contributed by atoms with Gasteiger partial charge in [-0.3, -0.25) is 0 Å². The van der Waals surface area contributed by atoms with E-state index in [4.69, 9.17) is 5.11 Å². The first-order valence-corrected chi connectivity index (χ1v) is 1.75. The van der Waals surface area contributed by atoms with Gasteiger partial charge in [0.05, 0.1) is 5.97 Å². The average molecular weight is 189 g/mol. The fraction of sp³-hybridized carbons (Fsp3) is 0. The number of hydrogen-bond acceptors (Lipinski definition) is 3. The number of hydrogen-bond donors (Lipinski definition) is 2. The molecule has 0 atom stereocenters. The van der Waals surface area contributed by atoms with Crippen LogP contribution in [0.25, 0.3) is 0 Å². The molecule has 0 aromatic carbocycles. The number of quaternary nitrogens is 1. The molecule has 0 radical (unpaired) electrons. The van der Waals surface area contributed by atoms with Gasteiger partial charge in [0.2, 0.25) is 0 Å². The first-order valence-electron chi connectivity index (χ1n) is 1.75. The third-order valence-electron chi connectivity index (χ3n) is 0.362. The Balaban J connectivity index is -0.000000245. The van der Waals surface area contributed by atoms with E-state index >= 15 is 0 Å². The monoisotopic (exact) mass is 189 g/mol. The zero-order chi connectivity index (χ0) is 6.57. The summed E-state index contributed by atoms with van der Waals surface area (Å²) in [6, 6.07) is 0. The fourth-order valence-electron chi connectivity index (χ4n) is 0.139. The molecule has 5 nitrogen and oxygen atoms in total. The van der Waals surface area contributed by atoms with Crippen molar-refractivity contribution in [3.63, 3.8) is 0 Å². The van der Waals surface area contributed by atoms with Crippen molar-refractivity contribution in [3.8, 4) is 0 Å². The molecule has 0 saturated heterocycles. The summed E-state index contributed by atoms with van der Waals surface area (Å²) < 4.78 is 0. The molecule has 10 heavy (non-hydrogen) atoms. The molecule has 0 aliphatic rings. The summed E-state index contributed by atoms with van der Waals surface area (Å²) >= 11 is 0. The van der Waals surface area contributed by atoms with Crippen LogP contribution in [0.15, 0.2) is 12.2 Å². The Morgan fingerprint density at radius 3 is 1.80 bits per heavy atom. The second-order valence-corrected chi connectivity index (χ2v) is 0.991. The Kier molecular flexibility index (Phi) is 13.1. The van der Waals surface area contributed by atoms with Crippen LogP contribution in [-0.4, -0.2) is 17.0 Å². The molecule has 0 saturated carbocycles. The second kappa shape index (κ2) is 8.16. The largest absolute Gasteiger partial charge is 0.545 e. The van der Waals surface area contributed by atoms with E-state index < -0.39 is 11.9 Å². The number of carboxylic acid groups (broad SMARTS) is 2. The molecule has 0 unspecified atom stereocenters.